The Hall–Kier alpha value is -3.65. The van der Waals surface area contributed by atoms with E-state index >= 15 is 0 Å². The van der Waals surface area contributed by atoms with Crippen LogP contribution >= 0.6 is 0 Å². The van der Waals surface area contributed by atoms with E-state index < -0.39 is 0 Å². The highest BCUT2D eigenvalue weighted by atomic mass is 19.1. The Balaban J connectivity index is 1.18. The Bertz CT molecular complexity index is 1410. The number of halogens is 2. The molecular formula is C27H26F2N4O2. The lowest BCUT2D eigenvalue weighted by Gasteiger charge is -2.40. The minimum atomic E-state index is -0.353. The predicted octanol–water partition coefficient (Wildman–Crippen LogP) is 4.84. The fourth-order valence-corrected chi connectivity index (χ4v) is 5.37. The van der Waals surface area contributed by atoms with Crippen molar-refractivity contribution >= 4 is 22.4 Å². The number of likely N-dealkylation sites (tertiary alicyclic amines) is 1. The highest BCUT2D eigenvalue weighted by molar-refractivity contribution is 5.75. The summed E-state index contributed by atoms with van der Waals surface area (Å²) in [4.78, 5) is 19.9. The van der Waals surface area contributed by atoms with Crippen molar-refractivity contribution in [3.63, 3.8) is 0 Å². The van der Waals surface area contributed by atoms with Gasteiger partial charge in [-0.25, -0.2) is 13.6 Å². The number of aromatic nitrogens is 2. The number of imidazole rings is 1. The van der Waals surface area contributed by atoms with Crippen LogP contribution in [0.2, 0.25) is 0 Å². The van der Waals surface area contributed by atoms with E-state index in [1.165, 1.54) is 24.3 Å². The number of piperidine rings is 1. The van der Waals surface area contributed by atoms with Gasteiger partial charge in [0, 0.05) is 37.4 Å². The molecule has 1 fully saturated rings. The number of H-pyrrole nitrogens is 1. The maximum Gasteiger partial charge on any atom is 0.326 e. The van der Waals surface area contributed by atoms with Crippen LogP contribution in [0, 0.1) is 11.6 Å². The minimum Gasteiger partial charge on any atom is -0.485 e. The van der Waals surface area contributed by atoms with Crippen molar-refractivity contribution in [2.45, 2.75) is 25.0 Å². The van der Waals surface area contributed by atoms with Gasteiger partial charge in [0.2, 0.25) is 0 Å². The smallest absolute Gasteiger partial charge is 0.326 e. The lowest BCUT2D eigenvalue weighted by Crippen LogP contribution is -2.47. The van der Waals surface area contributed by atoms with Crippen LogP contribution in [0.1, 0.15) is 18.9 Å². The van der Waals surface area contributed by atoms with E-state index in [9.17, 15) is 13.6 Å². The van der Waals surface area contributed by atoms with Gasteiger partial charge in [-0.2, -0.15) is 0 Å². The summed E-state index contributed by atoms with van der Waals surface area (Å²) >= 11 is 0. The summed E-state index contributed by atoms with van der Waals surface area (Å²) in [5.74, 6) is -0.158. The van der Waals surface area contributed by atoms with E-state index in [0.29, 0.717) is 18.8 Å². The molecule has 0 spiro atoms. The molecule has 1 N–H and O–H groups in total. The van der Waals surface area contributed by atoms with E-state index in [2.05, 4.69) is 14.8 Å². The summed E-state index contributed by atoms with van der Waals surface area (Å²) in [5, 5.41) is 0. The third-order valence-electron chi connectivity index (χ3n) is 7.04. The van der Waals surface area contributed by atoms with E-state index in [1.54, 1.807) is 18.2 Å². The molecule has 35 heavy (non-hydrogen) atoms. The topological polar surface area (TPSA) is 53.5 Å². The third kappa shape index (κ3) is 4.18. The monoisotopic (exact) mass is 476 g/mol. The quantitative estimate of drug-likeness (QED) is 0.458. The summed E-state index contributed by atoms with van der Waals surface area (Å²) in [6.45, 7) is 2.93. The van der Waals surface area contributed by atoms with Crippen LogP contribution in [0.4, 0.5) is 20.2 Å². The van der Waals surface area contributed by atoms with Crippen LogP contribution < -0.4 is 15.3 Å². The second-order valence-electron chi connectivity index (χ2n) is 9.29. The Morgan fingerprint density at radius 3 is 2.49 bits per heavy atom. The number of fused-ring (bicyclic) bond motifs is 2. The first-order valence-electron chi connectivity index (χ1n) is 12.0. The highest BCUT2D eigenvalue weighted by Crippen LogP contribution is 2.39. The van der Waals surface area contributed by atoms with Gasteiger partial charge in [-0.3, -0.25) is 9.47 Å². The first-order chi connectivity index (χ1) is 17.0. The molecule has 0 amide bonds. The highest BCUT2D eigenvalue weighted by Gasteiger charge is 2.31. The summed E-state index contributed by atoms with van der Waals surface area (Å²) in [6.07, 6.45) is 1.55. The predicted molar refractivity (Wildman–Crippen MR) is 131 cm³/mol. The summed E-state index contributed by atoms with van der Waals surface area (Å²) in [5.41, 5.74) is 3.35. The summed E-state index contributed by atoms with van der Waals surface area (Å²) in [6, 6.07) is 18.8. The Morgan fingerprint density at radius 1 is 0.943 bits per heavy atom. The second kappa shape index (κ2) is 8.85. The number of benzene rings is 3. The molecule has 6 nitrogen and oxygen atoms in total. The molecule has 1 saturated heterocycles. The number of aromatic amines is 1. The SMILES string of the molecule is O=c1[nH]c2ccccc2n1C1CCN(CC2CN(c3ccc(F)cc3)c3ccc(F)cc3O2)CC1. The Morgan fingerprint density at radius 2 is 1.69 bits per heavy atom. The number of ether oxygens (including phenoxy) is 1. The van der Waals surface area contributed by atoms with Gasteiger partial charge >= 0.3 is 5.69 Å². The van der Waals surface area contributed by atoms with Crippen molar-refractivity contribution in [3.05, 3.63) is 88.8 Å². The van der Waals surface area contributed by atoms with E-state index in [-0.39, 0.29) is 29.5 Å². The normalized spacial score (nSPS) is 19.0. The van der Waals surface area contributed by atoms with Gasteiger partial charge in [0.25, 0.3) is 0 Å². The molecule has 1 atom stereocenters. The first-order valence-corrected chi connectivity index (χ1v) is 12.0. The molecule has 1 aromatic heterocycles. The van der Waals surface area contributed by atoms with Crippen LogP contribution in [-0.4, -0.2) is 46.7 Å². The van der Waals surface area contributed by atoms with Crippen molar-refractivity contribution in [1.29, 1.82) is 0 Å². The average molecular weight is 477 g/mol. The van der Waals surface area contributed by atoms with Crippen LogP contribution in [0.15, 0.2) is 71.5 Å². The van der Waals surface area contributed by atoms with Crippen molar-refractivity contribution in [2.24, 2.45) is 0 Å². The van der Waals surface area contributed by atoms with Gasteiger partial charge in [0.1, 0.15) is 23.5 Å². The largest absolute Gasteiger partial charge is 0.485 e. The number of rotatable bonds is 4. The molecule has 0 aliphatic carbocycles. The molecular weight excluding hydrogens is 450 g/mol. The van der Waals surface area contributed by atoms with Crippen LogP contribution in [0.3, 0.4) is 0 Å². The van der Waals surface area contributed by atoms with Crippen molar-refractivity contribution in [3.8, 4) is 5.75 Å². The van der Waals surface area contributed by atoms with Gasteiger partial charge in [-0.05, 0) is 61.4 Å². The van der Waals surface area contributed by atoms with Crippen LogP contribution in [-0.2, 0) is 0 Å². The van der Waals surface area contributed by atoms with Gasteiger partial charge in [0.05, 0.1) is 23.3 Å². The van der Waals surface area contributed by atoms with Crippen molar-refractivity contribution < 1.29 is 13.5 Å². The average Bonchev–Trinajstić information content (AvgIpc) is 3.20. The molecule has 8 heteroatoms. The van der Waals surface area contributed by atoms with Gasteiger partial charge in [-0.15, -0.1) is 0 Å². The summed E-state index contributed by atoms with van der Waals surface area (Å²) < 4.78 is 35.6. The zero-order valence-electron chi connectivity index (χ0n) is 19.2. The van der Waals surface area contributed by atoms with Crippen molar-refractivity contribution in [1.82, 2.24) is 14.5 Å². The maximum atomic E-state index is 14.0. The number of para-hydroxylation sites is 2. The number of hydrogen-bond acceptors (Lipinski definition) is 4. The molecule has 2 aliphatic heterocycles. The Labute approximate surface area is 201 Å². The van der Waals surface area contributed by atoms with E-state index in [4.69, 9.17) is 4.74 Å². The molecule has 4 aromatic rings. The molecule has 0 bridgehead atoms. The lowest BCUT2D eigenvalue weighted by molar-refractivity contribution is 0.105. The zero-order chi connectivity index (χ0) is 23.9. The van der Waals surface area contributed by atoms with Gasteiger partial charge < -0.3 is 14.6 Å². The molecule has 6 rings (SSSR count). The first kappa shape index (κ1) is 21.9. The molecule has 3 heterocycles. The third-order valence-corrected chi connectivity index (χ3v) is 7.04. The standard InChI is InChI=1S/C27H26F2N4O2/c28-18-5-8-20(9-6-18)32-17-22(35-26-15-19(29)7-10-25(26)32)16-31-13-11-21(12-14-31)33-24-4-2-1-3-23(24)30-27(33)34/h1-10,15,21-22H,11-14,16-17H2,(H,30,34). The van der Waals surface area contributed by atoms with E-state index in [0.717, 1.165) is 48.3 Å². The fraction of sp³-hybridized carbons (Fsp3) is 0.296. The number of nitrogens with zero attached hydrogens (tertiary/aromatic N) is 3. The minimum absolute atomic E-state index is 0.0613. The molecule has 1 unspecified atom stereocenters. The molecule has 2 aliphatic rings. The molecule has 180 valence electrons. The van der Waals surface area contributed by atoms with Crippen molar-refractivity contribution in [2.75, 3.05) is 31.1 Å². The number of anilines is 2. The zero-order valence-corrected chi connectivity index (χ0v) is 19.2. The van der Waals surface area contributed by atoms with Crippen LogP contribution in [0.25, 0.3) is 11.0 Å². The van der Waals surface area contributed by atoms with Gasteiger partial charge in [0.15, 0.2) is 0 Å². The maximum absolute atomic E-state index is 14.0. The summed E-state index contributed by atoms with van der Waals surface area (Å²) in [7, 11) is 0. The van der Waals surface area contributed by atoms with Crippen LogP contribution in [0.5, 0.6) is 5.75 Å². The fourth-order valence-electron chi connectivity index (χ4n) is 5.37. The number of hydrogen-bond donors (Lipinski definition) is 1. The number of nitrogens with one attached hydrogen (secondary N) is 1. The molecule has 0 saturated carbocycles. The van der Waals surface area contributed by atoms with Gasteiger partial charge in [-0.1, -0.05) is 12.1 Å². The Kier molecular flexibility index (Phi) is 5.53. The molecule has 3 aromatic carbocycles. The van der Waals surface area contributed by atoms with E-state index in [1.807, 2.05) is 28.8 Å². The second-order valence-corrected chi connectivity index (χ2v) is 9.29. The lowest BCUT2D eigenvalue weighted by atomic mass is 10.0. The molecule has 0 radical (unpaired) electrons.